The quantitative estimate of drug-likeness (QED) is 0.708. The Morgan fingerprint density at radius 2 is 2.43 bits per heavy atom. The van der Waals surface area contributed by atoms with E-state index < -0.39 is 0 Å². The predicted molar refractivity (Wildman–Crippen MR) is 59.6 cm³/mol. The molecule has 0 radical (unpaired) electrons. The van der Waals surface area contributed by atoms with Crippen molar-refractivity contribution in [2.45, 2.75) is 30.9 Å². The fraction of sp³-hybridized carbons (Fsp3) is 0.900. The maximum absolute atomic E-state index is 11.5. The summed E-state index contributed by atoms with van der Waals surface area (Å²) in [5.41, 5.74) is 0. The lowest BCUT2D eigenvalue weighted by molar-refractivity contribution is -0.120. The Hall–Kier alpha value is -0.220. The number of hydrogen-bond donors (Lipinski definition) is 1. The van der Waals surface area contributed by atoms with E-state index in [-0.39, 0.29) is 11.2 Å². The van der Waals surface area contributed by atoms with Gasteiger partial charge in [-0.05, 0) is 25.0 Å². The highest BCUT2D eigenvalue weighted by atomic mass is 32.2. The number of amides is 1. The van der Waals surface area contributed by atoms with E-state index in [1.807, 2.05) is 0 Å². The molecule has 0 aromatic carbocycles. The Bertz CT molecular complexity index is 176. The molecule has 1 saturated heterocycles. The summed E-state index contributed by atoms with van der Waals surface area (Å²) >= 11 is 1.77. The summed E-state index contributed by atoms with van der Waals surface area (Å²) in [6.07, 6.45) is 4.36. The molecule has 1 unspecified atom stereocenters. The van der Waals surface area contributed by atoms with Crippen molar-refractivity contribution in [1.82, 2.24) is 5.32 Å². The number of ether oxygens (including phenoxy) is 1. The van der Waals surface area contributed by atoms with Gasteiger partial charge in [-0.25, -0.2) is 0 Å². The van der Waals surface area contributed by atoms with Gasteiger partial charge in [0.1, 0.15) is 0 Å². The normalized spacial score (nSPS) is 22.9. The minimum atomic E-state index is 0.175. The molecule has 1 fully saturated rings. The Morgan fingerprint density at radius 3 is 3.21 bits per heavy atom. The molecule has 1 atom stereocenters. The van der Waals surface area contributed by atoms with Crippen molar-refractivity contribution in [1.29, 1.82) is 0 Å². The van der Waals surface area contributed by atoms with Crippen LogP contribution in [0, 0.1) is 0 Å². The first kappa shape index (κ1) is 11.9. The summed E-state index contributed by atoms with van der Waals surface area (Å²) in [6, 6.07) is 0. The zero-order chi connectivity index (χ0) is 10.2. The van der Waals surface area contributed by atoms with Gasteiger partial charge >= 0.3 is 0 Å². The standard InChI is InChI=1S/C10H19NO2S/c1-13-7-4-8-14-9-5-2-3-6-11-10(9)12/h9H,2-8H2,1H3,(H,11,12). The third-order valence-electron chi connectivity index (χ3n) is 2.30. The van der Waals surface area contributed by atoms with Gasteiger partial charge in [0, 0.05) is 20.3 Å². The van der Waals surface area contributed by atoms with Crippen molar-refractivity contribution >= 4 is 17.7 Å². The second-order valence-corrected chi connectivity index (χ2v) is 4.80. The number of carbonyl (C=O) groups is 1. The summed E-state index contributed by atoms with van der Waals surface area (Å²) in [5, 5.41) is 3.12. The molecule has 4 heteroatoms. The monoisotopic (exact) mass is 217 g/mol. The summed E-state index contributed by atoms with van der Waals surface area (Å²) < 4.78 is 4.97. The Labute approximate surface area is 90.0 Å². The molecule has 1 aliphatic rings. The van der Waals surface area contributed by atoms with E-state index in [1.165, 1.54) is 6.42 Å². The number of nitrogens with one attached hydrogen (secondary N) is 1. The topological polar surface area (TPSA) is 38.3 Å². The minimum absolute atomic E-state index is 0.175. The molecule has 1 N–H and O–H groups in total. The lowest BCUT2D eigenvalue weighted by Gasteiger charge is -2.11. The number of methoxy groups -OCH3 is 1. The van der Waals surface area contributed by atoms with Crippen LogP contribution in [0.4, 0.5) is 0 Å². The first-order valence-corrected chi connectivity index (χ1v) is 6.27. The van der Waals surface area contributed by atoms with Crippen molar-refractivity contribution in [2.24, 2.45) is 0 Å². The zero-order valence-corrected chi connectivity index (χ0v) is 9.57. The summed E-state index contributed by atoms with van der Waals surface area (Å²) in [5.74, 6) is 1.25. The average Bonchev–Trinajstić information content (AvgIpc) is 2.39. The largest absolute Gasteiger partial charge is 0.385 e. The van der Waals surface area contributed by atoms with Gasteiger partial charge in [0.2, 0.25) is 5.91 Å². The molecule has 1 aliphatic heterocycles. The molecule has 82 valence electrons. The van der Waals surface area contributed by atoms with Gasteiger partial charge in [0.25, 0.3) is 0 Å². The van der Waals surface area contributed by atoms with Crippen LogP contribution in [0.3, 0.4) is 0 Å². The molecule has 1 amide bonds. The molecule has 0 aliphatic carbocycles. The lowest BCUT2D eigenvalue weighted by atomic mass is 10.2. The Kier molecular flexibility index (Phi) is 6.03. The molecule has 1 heterocycles. The van der Waals surface area contributed by atoms with Crippen molar-refractivity contribution in [3.8, 4) is 0 Å². The lowest BCUT2D eigenvalue weighted by Crippen LogP contribution is -2.30. The van der Waals surface area contributed by atoms with Crippen LogP contribution >= 0.6 is 11.8 Å². The molecule has 0 aromatic rings. The van der Waals surface area contributed by atoms with Crippen LogP contribution in [0.1, 0.15) is 25.7 Å². The SMILES string of the molecule is COCCCSC1CCCCNC1=O. The van der Waals surface area contributed by atoms with Gasteiger partial charge in [0.05, 0.1) is 5.25 Å². The van der Waals surface area contributed by atoms with Crippen LogP contribution < -0.4 is 5.32 Å². The Balaban J connectivity index is 2.16. The maximum atomic E-state index is 11.5. The highest BCUT2D eigenvalue weighted by Crippen LogP contribution is 2.20. The molecule has 0 spiro atoms. The van der Waals surface area contributed by atoms with E-state index in [9.17, 15) is 4.79 Å². The molecule has 14 heavy (non-hydrogen) atoms. The number of thioether (sulfide) groups is 1. The highest BCUT2D eigenvalue weighted by Gasteiger charge is 2.20. The van der Waals surface area contributed by atoms with Crippen molar-refractivity contribution < 1.29 is 9.53 Å². The van der Waals surface area contributed by atoms with Gasteiger partial charge in [-0.1, -0.05) is 6.42 Å². The maximum Gasteiger partial charge on any atom is 0.233 e. The van der Waals surface area contributed by atoms with Crippen LogP contribution in [0.25, 0.3) is 0 Å². The predicted octanol–water partition coefficient (Wildman–Crippen LogP) is 1.42. The second kappa shape index (κ2) is 7.12. The van der Waals surface area contributed by atoms with Gasteiger partial charge in [-0.15, -0.1) is 11.8 Å². The van der Waals surface area contributed by atoms with E-state index in [0.29, 0.717) is 0 Å². The first-order valence-electron chi connectivity index (χ1n) is 5.23. The van der Waals surface area contributed by atoms with Crippen molar-refractivity contribution in [3.05, 3.63) is 0 Å². The molecule has 1 rings (SSSR count). The van der Waals surface area contributed by atoms with Gasteiger partial charge in [0.15, 0.2) is 0 Å². The summed E-state index contributed by atoms with van der Waals surface area (Å²) in [7, 11) is 1.71. The molecular formula is C10H19NO2S. The van der Waals surface area contributed by atoms with Gasteiger partial charge < -0.3 is 10.1 Å². The van der Waals surface area contributed by atoms with Crippen molar-refractivity contribution in [2.75, 3.05) is 26.0 Å². The van der Waals surface area contributed by atoms with E-state index in [0.717, 1.165) is 38.2 Å². The van der Waals surface area contributed by atoms with Gasteiger partial charge in [-0.3, -0.25) is 4.79 Å². The molecule has 0 bridgehead atoms. The third kappa shape index (κ3) is 4.33. The van der Waals surface area contributed by atoms with Gasteiger partial charge in [-0.2, -0.15) is 0 Å². The Morgan fingerprint density at radius 1 is 1.57 bits per heavy atom. The van der Waals surface area contributed by atoms with Crippen LogP contribution in [0.15, 0.2) is 0 Å². The van der Waals surface area contributed by atoms with Crippen LogP contribution in [-0.4, -0.2) is 37.2 Å². The van der Waals surface area contributed by atoms with Crippen molar-refractivity contribution in [3.63, 3.8) is 0 Å². The van der Waals surface area contributed by atoms with Crippen LogP contribution in [0.2, 0.25) is 0 Å². The highest BCUT2D eigenvalue weighted by molar-refractivity contribution is 8.00. The zero-order valence-electron chi connectivity index (χ0n) is 8.75. The minimum Gasteiger partial charge on any atom is -0.385 e. The van der Waals surface area contributed by atoms with E-state index in [1.54, 1.807) is 18.9 Å². The molecule has 0 aromatic heterocycles. The number of rotatable bonds is 5. The fourth-order valence-electron chi connectivity index (χ4n) is 1.50. The smallest absolute Gasteiger partial charge is 0.233 e. The van der Waals surface area contributed by atoms with E-state index in [2.05, 4.69) is 5.32 Å². The molecular weight excluding hydrogens is 198 g/mol. The third-order valence-corrected chi connectivity index (χ3v) is 3.67. The molecule has 0 saturated carbocycles. The summed E-state index contributed by atoms with van der Waals surface area (Å²) in [4.78, 5) is 11.5. The van der Waals surface area contributed by atoms with E-state index in [4.69, 9.17) is 4.74 Å². The summed E-state index contributed by atoms with van der Waals surface area (Å²) in [6.45, 7) is 1.65. The first-order chi connectivity index (χ1) is 6.84. The average molecular weight is 217 g/mol. The fourth-order valence-corrected chi connectivity index (χ4v) is 2.64. The van der Waals surface area contributed by atoms with Crippen LogP contribution in [0.5, 0.6) is 0 Å². The van der Waals surface area contributed by atoms with E-state index >= 15 is 0 Å². The molecule has 3 nitrogen and oxygen atoms in total. The van der Waals surface area contributed by atoms with Crippen LogP contribution in [-0.2, 0) is 9.53 Å². The number of hydrogen-bond acceptors (Lipinski definition) is 3. The number of carbonyl (C=O) groups excluding carboxylic acids is 1. The second-order valence-electron chi connectivity index (χ2n) is 3.49.